The zero-order valence-electron chi connectivity index (χ0n) is 8.43. The topological polar surface area (TPSA) is 18.5 Å². The van der Waals surface area contributed by atoms with Gasteiger partial charge in [0.25, 0.3) is 0 Å². The van der Waals surface area contributed by atoms with Crippen LogP contribution in [0, 0.1) is 0 Å². The van der Waals surface area contributed by atoms with Gasteiger partial charge in [-0.15, -0.1) is 25.8 Å². The maximum absolute atomic E-state index is 5.06. The first kappa shape index (κ1) is 13.1. The fourth-order valence-electron chi connectivity index (χ4n) is 1.23. The second-order valence-corrected chi connectivity index (χ2v) is 5.66. The van der Waals surface area contributed by atoms with Crippen LogP contribution >= 0.6 is 36.6 Å². The van der Waals surface area contributed by atoms with Crippen molar-refractivity contribution in [1.29, 1.82) is 0 Å². The minimum absolute atomic E-state index is 0.0784. The van der Waals surface area contributed by atoms with Crippen molar-refractivity contribution in [2.75, 3.05) is 19.8 Å². The summed E-state index contributed by atoms with van der Waals surface area (Å²) < 4.78 is 0.849. The number of nitrogens with zero attached hydrogens (tertiary/aromatic N) is 2. The molecule has 84 valence electrons. The maximum atomic E-state index is 5.06. The van der Waals surface area contributed by atoms with Crippen LogP contribution in [0.5, 0.6) is 0 Å². The lowest BCUT2D eigenvalue weighted by atomic mass is 10.5. The van der Waals surface area contributed by atoms with E-state index in [9.17, 15) is 0 Å². The monoisotopic (exact) mass is 261 g/mol. The van der Waals surface area contributed by atoms with Gasteiger partial charge in [0.2, 0.25) is 0 Å². The van der Waals surface area contributed by atoms with E-state index in [-0.39, 0.29) is 4.71 Å². The molecule has 0 radical (unpaired) electrons. The lowest BCUT2D eigenvalue weighted by Gasteiger charge is -2.27. The normalized spacial score (nSPS) is 21.7. The molecule has 1 unspecified atom stereocenters. The third-order valence-corrected chi connectivity index (χ3v) is 3.59. The summed E-state index contributed by atoms with van der Waals surface area (Å²) in [5, 5.41) is 1.99. The molecule has 1 heterocycles. The summed E-state index contributed by atoms with van der Waals surface area (Å²) in [4.78, 5) is 2.19. The largest absolute Gasteiger partial charge is 0.301 e. The number of hydrogen-bond acceptors (Lipinski definition) is 5. The molecule has 0 aromatic carbocycles. The van der Waals surface area contributed by atoms with Crippen molar-refractivity contribution in [3.8, 4) is 0 Å². The number of nitrogens with one attached hydrogen (secondary N) is 1. The van der Waals surface area contributed by atoms with Gasteiger partial charge >= 0.3 is 0 Å². The van der Waals surface area contributed by atoms with Gasteiger partial charge in [-0.3, -0.25) is 4.90 Å². The van der Waals surface area contributed by atoms with Crippen LogP contribution in [0.1, 0.15) is 0 Å². The predicted octanol–water partition coefficient (Wildman–Crippen LogP) is 1.67. The minimum Gasteiger partial charge on any atom is -0.301 e. The van der Waals surface area contributed by atoms with Crippen LogP contribution in [0.2, 0.25) is 0 Å². The van der Waals surface area contributed by atoms with Crippen molar-refractivity contribution in [1.82, 2.24) is 15.3 Å². The quantitative estimate of drug-likeness (QED) is 0.429. The first-order valence-corrected chi connectivity index (χ1v) is 6.34. The van der Waals surface area contributed by atoms with Crippen LogP contribution in [0.25, 0.3) is 0 Å². The number of hydrogen-bond donors (Lipinski definition) is 2. The molecule has 1 aliphatic heterocycles. The predicted molar refractivity (Wildman–Crippen MR) is 74.8 cm³/mol. The molecule has 0 aromatic heterocycles. The fraction of sp³-hybridized carbons (Fsp3) is 0.444. The van der Waals surface area contributed by atoms with E-state index in [1.165, 1.54) is 11.8 Å². The second-order valence-electron chi connectivity index (χ2n) is 3.07. The zero-order chi connectivity index (χ0) is 11.3. The van der Waals surface area contributed by atoms with Gasteiger partial charge in [-0.25, -0.2) is 0 Å². The molecule has 1 aliphatic rings. The molecule has 0 spiro atoms. The molecule has 1 N–H and O–H groups in total. The number of hydrazine groups is 1. The molecule has 0 bridgehead atoms. The molecule has 6 heteroatoms. The van der Waals surface area contributed by atoms with Crippen molar-refractivity contribution in [2.24, 2.45) is 0 Å². The Balaban J connectivity index is 2.46. The molecule has 15 heavy (non-hydrogen) atoms. The highest BCUT2D eigenvalue weighted by atomic mass is 32.2. The van der Waals surface area contributed by atoms with Crippen molar-refractivity contribution in [3.63, 3.8) is 0 Å². The SMILES string of the molecule is C=CCN(CC=C)CN1NC(=S)SC1S. The highest BCUT2D eigenvalue weighted by Crippen LogP contribution is 2.25. The Bertz CT molecular complexity index is 247. The van der Waals surface area contributed by atoms with Crippen LogP contribution in [0.15, 0.2) is 25.3 Å². The van der Waals surface area contributed by atoms with Crippen molar-refractivity contribution < 1.29 is 0 Å². The number of rotatable bonds is 6. The van der Waals surface area contributed by atoms with Crippen molar-refractivity contribution in [2.45, 2.75) is 4.71 Å². The Kier molecular flexibility index (Phi) is 5.70. The van der Waals surface area contributed by atoms with Crippen LogP contribution < -0.4 is 5.43 Å². The fourth-order valence-corrected chi connectivity index (χ4v) is 2.89. The molecule has 0 aliphatic carbocycles. The van der Waals surface area contributed by atoms with Crippen LogP contribution in [0.3, 0.4) is 0 Å². The molecular formula is C9H15N3S3. The van der Waals surface area contributed by atoms with Crippen molar-refractivity contribution in [3.05, 3.63) is 25.3 Å². The summed E-state index contributed by atoms with van der Waals surface area (Å²) in [5.41, 5.74) is 3.09. The molecule has 0 amide bonds. The van der Waals surface area contributed by atoms with Crippen LogP contribution in [-0.4, -0.2) is 38.7 Å². The molecular weight excluding hydrogens is 246 g/mol. The van der Waals surface area contributed by atoms with Crippen molar-refractivity contribution >= 4 is 40.9 Å². The smallest absolute Gasteiger partial charge is 0.150 e. The lowest BCUT2D eigenvalue weighted by Crippen LogP contribution is -2.44. The summed E-state index contributed by atoms with van der Waals surface area (Å²) in [7, 11) is 0. The van der Waals surface area contributed by atoms with E-state index in [4.69, 9.17) is 12.2 Å². The lowest BCUT2D eigenvalue weighted by molar-refractivity contribution is 0.148. The Morgan fingerprint density at radius 2 is 2.13 bits per heavy atom. The standard InChI is InChI=1S/C9H15N3S3/c1-3-5-11(6-4-2)7-12-9(14)15-8(13)10-12/h3-4,9,14H,1-2,5-7H2,(H,10,13). The van der Waals surface area contributed by atoms with Crippen LogP contribution in [-0.2, 0) is 0 Å². The van der Waals surface area contributed by atoms with Crippen LogP contribution in [0.4, 0.5) is 0 Å². The maximum Gasteiger partial charge on any atom is 0.150 e. The average Bonchev–Trinajstić information content (AvgIpc) is 2.46. The van der Waals surface area contributed by atoms with Gasteiger partial charge in [-0.2, -0.15) is 5.01 Å². The molecule has 1 rings (SSSR count). The van der Waals surface area contributed by atoms with Gasteiger partial charge in [0.1, 0.15) is 4.71 Å². The van der Waals surface area contributed by atoms with Gasteiger partial charge < -0.3 is 5.43 Å². The second kappa shape index (κ2) is 6.55. The van der Waals surface area contributed by atoms with E-state index in [1.807, 2.05) is 17.2 Å². The highest BCUT2D eigenvalue weighted by molar-refractivity contribution is 8.28. The Morgan fingerprint density at radius 1 is 1.53 bits per heavy atom. The summed E-state index contributed by atoms with van der Waals surface area (Å²) in [5.74, 6) is 0. The highest BCUT2D eigenvalue weighted by Gasteiger charge is 2.26. The van der Waals surface area contributed by atoms with Gasteiger partial charge in [0.05, 0.1) is 6.67 Å². The van der Waals surface area contributed by atoms with E-state index < -0.39 is 0 Å². The number of thiocarbonyl (C=S) groups is 1. The number of thioether (sulfide) groups is 1. The summed E-state index contributed by atoms with van der Waals surface area (Å²) in [6.45, 7) is 9.85. The van der Waals surface area contributed by atoms with E-state index in [2.05, 4.69) is 36.1 Å². The van der Waals surface area contributed by atoms with Gasteiger partial charge in [-0.1, -0.05) is 36.1 Å². The molecule has 0 aromatic rings. The van der Waals surface area contributed by atoms with E-state index in [0.717, 1.165) is 24.1 Å². The van der Waals surface area contributed by atoms with E-state index >= 15 is 0 Å². The van der Waals surface area contributed by atoms with E-state index in [1.54, 1.807) is 0 Å². The summed E-state index contributed by atoms with van der Waals surface area (Å²) in [6.07, 6.45) is 3.75. The Hall–Kier alpha value is -0.0100. The van der Waals surface area contributed by atoms with E-state index in [0.29, 0.717) is 0 Å². The summed E-state index contributed by atoms with van der Waals surface area (Å²) >= 11 is 11.0. The Morgan fingerprint density at radius 3 is 2.53 bits per heavy atom. The van der Waals surface area contributed by atoms with Gasteiger partial charge in [-0.05, 0) is 0 Å². The Labute approximate surface area is 106 Å². The first-order chi connectivity index (χ1) is 7.17. The minimum atomic E-state index is 0.0784. The van der Waals surface area contributed by atoms with Gasteiger partial charge in [0, 0.05) is 13.1 Å². The molecule has 1 saturated heterocycles. The molecule has 3 nitrogen and oxygen atoms in total. The van der Waals surface area contributed by atoms with Gasteiger partial charge in [0.15, 0.2) is 4.32 Å². The third kappa shape index (κ3) is 4.16. The molecule has 1 fully saturated rings. The zero-order valence-corrected chi connectivity index (χ0v) is 11.0. The third-order valence-electron chi connectivity index (χ3n) is 1.84. The first-order valence-electron chi connectivity index (χ1n) is 4.53. The summed E-state index contributed by atoms with van der Waals surface area (Å²) in [6, 6.07) is 0. The molecule has 0 saturated carbocycles. The average molecular weight is 261 g/mol. The number of thiol groups is 1. The molecule has 1 atom stereocenters.